The van der Waals surface area contributed by atoms with Crippen molar-refractivity contribution in [3.63, 3.8) is 0 Å². The molecule has 84 valence electrons. The van der Waals surface area contributed by atoms with Crippen LogP contribution in [0.4, 0.5) is 0 Å². The van der Waals surface area contributed by atoms with Crippen molar-refractivity contribution in [3.8, 4) is 0 Å². The fourth-order valence-electron chi connectivity index (χ4n) is 1.67. The van der Waals surface area contributed by atoms with Gasteiger partial charge in [-0.05, 0) is 12.3 Å². The van der Waals surface area contributed by atoms with Crippen LogP contribution in [-0.4, -0.2) is 46.2 Å². The quantitative estimate of drug-likeness (QED) is 0.712. The predicted octanol–water partition coefficient (Wildman–Crippen LogP) is 0.0456. The molecule has 0 bridgehead atoms. The summed E-state index contributed by atoms with van der Waals surface area (Å²) in [6, 6.07) is 0.152. The Morgan fingerprint density at radius 3 is 2.79 bits per heavy atom. The van der Waals surface area contributed by atoms with Crippen molar-refractivity contribution in [3.05, 3.63) is 0 Å². The molecule has 0 spiro atoms. The van der Waals surface area contributed by atoms with Crippen molar-refractivity contribution in [1.29, 1.82) is 0 Å². The van der Waals surface area contributed by atoms with E-state index in [-0.39, 0.29) is 6.04 Å². The molecule has 2 atom stereocenters. The van der Waals surface area contributed by atoms with Gasteiger partial charge in [0.1, 0.15) is 0 Å². The molecular weight excluding hydrogens is 202 g/mol. The van der Waals surface area contributed by atoms with Crippen LogP contribution in [0.1, 0.15) is 13.3 Å². The predicted molar refractivity (Wildman–Crippen MR) is 56.1 cm³/mol. The molecule has 0 aromatic heterocycles. The van der Waals surface area contributed by atoms with Gasteiger partial charge in [-0.15, -0.1) is 0 Å². The molecule has 1 heterocycles. The Kier molecular flexibility index (Phi) is 4.34. The Morgan fingerprint density at radius 2 is 2.29 bits per heavy atom. The lowest BCUT2D eigenvalue weighted by atomic mass is 10.2. The van der Waals surface area contributed by atoms with E-state index in [4.69, 9.17) is 4.74 Å². The Hall–Kier alpha value is -0.130. The Balaban J connectivity index is 2.20. The summed E-state index contributed by atoms with van der Waals surface area (Å²) in [6.45, 7) is 3.63. The molecule has 0 saturated carbocycles. The van der Waals surface area contributed by atoms with Gasteiger partial charge in [0.15, 0.2) is 9.84 Å². The molecule has 1 aliphatic heterocycles. The fraction of sp³-hybridized carbons (Fsp3) is 1.00. The lowest BCUT2D eigenvalue weighted by Gasteiger charge is -2.15. The number of sulfone groups is 1. The second kappa shape index (κ2) is 5.09. The van der Waals surface area contributed by atoms with Gasteiger partial charge < -0.3 is 10.1 Å². The topological polar surface area (TPSA) is 55.4 Å². The fourth-order valence-corrected chi connectivity index (χ4v) is 3.38. The standard InChI is InChI=1S/C9H19NO3S/c1-8(6-13-2)5-10-9-3-4-14(11,12)7-9/h8-10H,3-7H2,1-2H3. The van der Waals surface area contributed by atoms with Crippen molar-refractivity contribution >= 4 is 9.84 Å². The second-order valence-electron chi connectivity index (χ2n) is 4.07. The molecule has 1 aliphatic rings. The minimum atomic E-state index is -2.75. The molecule has 14 heavy (non-hydrogen) atoms. The van der Waals surface area contributed by atoms with E-state index < -0.39 is 9.84 Å². The third kappa shape index (κ3) is 3.94. The zero-order valence-electron chi connectivity index (χ0n) is 8.82. The molecule has 0 aliphatic carbocycles. The number of nitrogens with one attached hydrogen (secondary N) is 1. The van der Waals surface area contributed by atoms with Gasteiger partial charge in [0.25, 0.3) is 0 Å². The van der Waals surface area contributed by atoms with Crippen molar-refractivity contribution in [2.45, 2.75) is 19.4 Å². The average Bonchev–Trinajstić information content (AvgIpc) is 2.43. The maximum Gasteiger partial charge on any atom is 0.151 e. The number of rotatable bonds is 5. The largest absolute Gasteiger partial charge is 0.384 e. The molecule has 0 amide bonds. The summed E-state index contributed by atoms with van der Waals surface area (Å²) < 4.78 is 27.3. The highest BCUT2D eigenvalue weighted by atomic mass is 32.2. The van der Waals surface area contributed by atoms with Crippen LogP contribution in [0.25, 0.3) is 0 Å². The monoisotopic (exact) mass is 221 g/mol. The first-order valence-electron chi connectivity index (χ1n) is 4.96. The van der Waals surface area contributed by atoms with E-state index in [9.17, 15) is 8.42 Å². The van der Waals surface area contributed by atoms with Gasteiger partial charge in [0.2, 0.25) is 0 Å². The Bertz CT molecular complexity index is 263. The summed E-state index contributed by atoms with van der Waals surface area (Å²) in [5, 5.41) is 3.26. The van der Waals surface area contributed by atoms with Crippen LogP contribution in [-0.2, 0) is 14.6 Å². The lowest BCUT2D eigenvalue weighted by molar-refractivity contribution is 0.157. The van der Waals surface area contributed by atoms with Gasteiger partial charge >= 0.3 is 0 Å². The zero-order valence-corrected chi connectivity index (χ0v) is 9.64. The summed E-state index contributed by atoms with van der Waals surface area (Å²) in [5.41, 5.74) is 0. The van der Waals surface area contributed by atoms with Crippen LogP contribution >= 0.6 is 0 Å². The van der Waals surface area contributed by atoms with Crippen LogP contribution in [0.3, 0.4) is 0 Å². The van der Waals surface area contributed by atoms with Gasteiger partial charge in [-0.25, -0.2) is 8.42 Å². The molecular formula is C9H19NO3S. The Morgan fingerprint density at radius 1 is 1.57 bits per heavy atom. The molecule has 0 aromatic rings. The van der Waals surface area contributed by atoms with E-state index in [1.807, 2.05) is 0 Å². The molecule has 1 saturated heterocycles. The summed E-state index contributed by atoms with van der Waals surface area (Å²) in [4.78, 5) is 0. The summed E-state index contributed by atoms with van der Waals surface area (Å²) in [6.07, 6.45) is 0.752. The van der Waals surface area contributed by atoms with Crippen LogP contribution in [0.15, 0.2) is 0 Å². The van der Waals surface area contributed by atoms with E-state index >= 15 is 0 Å². The van der Waals surface area contributed by atoms with Gasteiger partial charge in [0.05, 0.1) is 11.5 Å². The van der Waals surface area contributed by atoms with E-state index in [2.05, 4.69) is 12.2 Å². The van der Waals surface area contributed by atoms with Crippen LogP contribution in [0, 0.1) is 5.92 Å². The minimum Gasteiger partial charge on any atom is -0.384 e. The maximum atomic E-state index is 11.1. The van der Waals surface area contributed by atoms with Crippen LogP contribution in [0.5, 0.6) is 0 Å². The van der Waals surface area contributed by atoms with E-state index in [0.717, 1.165) is 13.0 Å². The molecule has 1 fully saturated rings. The number of methoxy groups -OCH3 is 1. The highest BCUT2D eigenvalue weighted by Crippen LogP contribution is 2.11. The average molecular weight is 221 g/mol. The minimum absolute atomic E-state index is 0.152. The number of ether oxygens (including phenoxy) is 1. The van der Waals surface area contributed by atoms with Crippen molar-refractivity contribution < 1.29 is 13.2 Å². The van der Waals surface area contributed by atoms with Crippen molar-refractivity contribution in [2.24, 2.45) is 5.92 Å². The molecule has 0 radical (unpaired) electrons. The van der Waals surface area contributed by atoms with Crippen molar-refractivity contribution in [2.75, 3.05) is 31.8 Å². The zero-order chi connectivity index (χ0) is 10.6. The van der Waals surface area contributed by atoms with Gasteiger partial charge in [-0.3, -0.25) is 0 Å². The normalized spacial score (nSPS) is 27.7. The smallest absolute Gasteiger partial charge is 0.151 e. The molecule has 1 N–H and O–H groups in total. The van der Waals surface area contributed by atoms with Crippen molar-refractivity contribution in [1.82, 2.24) is 5.32 Å². The first-order chi connectivity index (χ1) is 6.53. The van der Waals surface area contributed by atoms with Gasteiger partial charge in [-0.1, -0.05) is 6.92 Å². The summed E-state index contributed by atoms with van der Waals surface area (Å²) in [5.74, 6) is 1.07. The molecule has 2 unspecified atom stereocenters. The van der Waals surface area contributed by atoms with Crippen LogP contribution in [0.2, 0.25) is 0 Å². The summed E-state index contributed by atoms with van der Waals surface area (Å²) >= 11 is 0. The van der Waals surface area contributed by atoms with Gasteiger partial charge in [-0.2, -0.15) is 0 Å². The van der Waals surface area contributed by atoms with E-state index in [1.165, 1.54) is 0 Å². The third-order valence-electron chi connectivity index (χ3n) is 2.44. The summed E-state index contributed by atoms with van der Waals surface area (Å²) in [7, 11) is -1.07. The number of hydrogen-bond acceptors (Lipinski definition) is 4. The molecule has 0 aromatic carbocycles. The second-order valence-corrected chi connectivity index (χ2v) is 6.30. The lowest BCUT2D eigenvalue weighted by Crippen LogP contribution is -2.34. The highest BCUT2D eigenvalue weighted by Gasteiger charge is 2.27. The first kappa shape index (κ1) is 11.9. The molecule has 1 rings (SSSR count). The van der Waals surface area contributed by atoms with E-state index in [1.54, 1.807) is 7.11 Å². The first-order valence-corrected chi connectivity index (χ1v) is 6.78. The third-order valence-corrected chi connectivity index (χ3v) is 4.21. The van der Waals surface area contributed by atoms with Crippen LogP contribution < -0.4 is 5.32 Å². The maximum absolute atomic E-state index is 11.1. The molecule has 4 nitrogen and oxygen atoms in total. The molecule has 5 heteroatoms. The highest BCUT2D eigenvalue weighted by molar-refractivity contribution is 7.91. The number of hydrogen-bond donors (Lipinski definition) is 1. The van der Waals surface area contributed by atoms with Gasteiger partial charge in [0, 0.05) is 26.3 Å². The Labute approximate surface area is 85.9 Å². The van der Waals surface area contributed by atoms with E-state index in [0.29, 0.717) is 24.0 Å². The SMILES string of the molecule is COCC(C)CNC1CCS(=O)(=O)C1.